The summed E-state index contributed by atoms with van der Waals surface area (Å²) < 4.78 is 0. The van der Waals surface area contributed by atoms with Gasteiger partial charge in [0, 0.05) is 17.5 Å². The SMILES string of the molecule is CC(C)N(C(=O)CSCCO)c1ccccc1. The summed E-state index contributed by atoms with van der Waals surface area (Å²) in [5, 5.41) is 8.70. The maximum Gasteiger partial charge on any atom is 0.237 e. The van der Waals surface area contributed by atoms with Crippen molar-refractivity contribution in [1.82, 2.24) is 0 Å². The predicted molar refractivity (Wildman–Crippen MR) is 73.5 cm³/mol. The fourth-order valence-corrected chi connectivity index (χ4v) is 2.20. The molecule has 0 unspecified atom stereocenters. The Morgan fingerprint density at radius 2 is 2.00 bits per heavy atom. The predicted octanol–water partition coefficient (Wildman–Crippen LogP) is 2.15. The highest BCUT2D eigenvalue weighted by Gasteiger charge is 2.18. The fraction of sp³-hybridized carbons (Fsp3) is 0.462. The van der Waals surface area contributed by atoms with Gasteiger partial charge in [0.25, 0.3) is 0 Å². The number of aliphatic hydroxyl groups excluding tert-OH is 1. The Morgan fingerprint density at radius 1 is 1.35 bits per heavy atom. The van der Waals surface area contributed by atoms with Gasteiger partial charge in [-0.25, -0.2) is 0 Å². The lowest BCUT2D eigenvalue weighted by molar-refractivity contribution is -0.116. The van der Waals surface area contributed by atoms with Gasteiger partial charge in [0.05, 0.1) is 12.4 Å². The molecule has 0 aliphatic rings. The van der Waals surface area contributed by atoms with Gasteiger partial charge in [0.1, 0.15) is 0 Å². The monoisotopic (exact) mass is 253 g/mol. The smallest absolute Gasteiger partial charge is 0.237 e. The Morgan fingerprint density at radius 3 is 2.53 bits per heavy atom. The summed E-state index contributed by atoms with van der Waals surface area (Å²) in [6.07, 6.45) is 0. The molecule has 1 aromatic rings. The number of carbonyl (C=O) groups is 1. The van der Waals surface area contributed by atoms with E-state index in [1.165, 1.54) is 11.8 Å². The Labute approximate surface area is 107 Å². The van der Waals surface area contributed by atoms with Gasteiger partial charge in [-0.3, -0.25) is 4.79 Å². The van der Waals surface area contributed by atoms with Crippen molar-refractivity contribution in [2.24, 2.45) is 0 Å². The van der Waals surface area contributed by atoms with Gasteiger partial charge in [-0.2, -0.15) is 0 Å². The van der Waals surface area contributed by atoms with Crippen LogP contribution in [-0.2, 0) is 4.79 Å². The molecule has 4 heteroatoms. The minimum absolute atomic E-state index is 0.0876. The van der Waals surface area contributed by atoms with E-state index in [4.69, 9.17) is 5.11 Å². The molecular weight excluding hydrogens is 234 g/mol. The molecule has 1 amide bonds. The Kier molecular flexibility index (Phi) is 6.08. The average Bonchev–Trinajstić information content (AvgIpc) is 2.30. The largest absolute Gasteiger partial charge is 0.396 e. The third-order valence-electron chi connectivity index (χ3n) is 2.28. The van der Waals surface area contributed by atoms with Crippen molar-refractivity contribution >= 4 is 23.4 Å². The number of anilines is 1. The molecule has 1 N–H and O–H groups in total. The van der Waals surface area contributed by atoms with E-state index in [2.05, 4.69) is 0 Å². The standard InChI is InChI=1S/C13H19NO2S/c1-11(2)14(12-6-4-3-5-7-12)13(16)10-17-9-8-15/h3-7,11,15H,8-10H2,1-2H3. The molecule has 0 spiro atoms. The van der Waals surface area contributed by atoms with Gasteiger partial charge in [0.15, 0.2) is 0 Å². The van der Waals surface area contributed by atoms with E-state index >= 15 is 0 Å². The van der Waals surface area contributed by atoms with Crippen molar-refractivity contribution in [1.29, 1.82) is 0 Å². The Bertz CT molecular complexity index is 341. The molecule has 0 heterocycles. The van der Waals surface area contributed by atoms with Gasteiger partial charge in [0.2, 0.25) is 5.91 Å². The summed E-state index contributed by atoms with van der Waals surface area (Å²) in [4.78, 5) is 13.9. The molecule has 94 valence electrons. The molecular formula is C13H19NO2S. The maximum absolute atomic E-state index is 12.1. The van der Waals surface area contributed by atoms with Crippen LogP contribution in [0.4, 0.5) is 5.69 Å². The number of thioether (sulfide) groups is 1. The third kappa shape index (κ3) is 4.40. The second-order valence-corrected chi connectivity index (χ2v) is 5.07. The number of amides is 1. The fourth-order valence-electron chi connectivity index (χ4n) is 1.61. The lowest BCUT2D eigenvalue weighted by Crippen LogP contribution is -2.38. The second kappa shape index (κ2) is 7.35. The summed E-state index contributed by atoms with van der Waals surface area (Å²) in [7, 11) is 0. The molecule has 0 aromatic heterocycles. The number of hydrogen-bond donors (Lipinski definition) is 1. The van der Waals surface area contributed by atoms with Crippen molar-refractivity contribution in [2.75, 3.05) is 23.0 Å². The van der Waals surface area contributed by atoms with Gasteiger partial charge in [-0.1, -0.05) is 18.2 Å². The zero-order chi connectivity index (χ0) is 12.7. The van der Waals surface area contributed by atoms with E-state index in [9.17, 15) is 4.79 Å². The highest BCUT2D eigenvalue weighted by atomic mass is 32.2. The Hall–Kier alpha value is -1.00. The molecule has 0 bridgehead atoms. The van der Waals surface area contributed by atoms with E-state index in [0.717, 1.165) is 5.69 Å². The summed E-state index contributed by atoms with van der Waals surface area (Å²) in [6, 6.07) is 9.81. The summed E-state index contributed by atoms with van der Waals surface area (Å²) in [6.45, 7) is 4.12. The number of para-hydroxylation sites is 1. The molecule has 17 heavy (non-hydrogen) atoms. The first-order valence-electron chi connectivity index (χ1n) is 5.72. The van der Waals surface area contributed by atoms with Crippen LogP contribution >= 0.6 is 11.8 Å². The number of nitrogens with zero attached hydrogens (tertiary/aromatic N) is 1. The van der Waals surface area contributed by atoms with Crippen molar-refractivity contribution in [2.45, 2.75) is 19.9 Å². The first-order valence-corrected chi connectivity index (χ1v) is 6.88. The molecule has 0 aliphatic carbocycles. The van der Waals surface area contributed by atoms with Gasteiger partial charge >= 0.3 is 0 Å². The zero-order valence-electron chi connectivity index (χ0n) is 10.3. The minimum Gasteiger partial charge on any atom is -0.396 e. The molecule has 0 aliphatic heterocycles. The van der Waals surface area contributed by atoms with Crippen LogP contribution in [0.25, 0.3) is 0 Å². The molecule has 0 radical (unpaired) electrons. The average molecular weight is 253 g/mol. The number of benzene rings is 1. The van der Waals surface area contributed by atoms with Crippen LogP contribution < -0.4 is 4.90 Å². The summed E-state index contributed by atoms with van der Waals surface area (Å²) >= 11 is 1.46. The molecule has 1 rings (SSSR count). The van der Waals surface area contributed by atoms with Crippen LogP contribution in [0.5, 0.6) is 0 Å². The van der Waals surface area contributed by atoms with E-state index in [0.29, 0.717) is 11.5 Å². The molecule has 0 saturated heterocycles. The van der Waals surface area contributed by atoms with Crippen LogP contribution in [-0.4, -0.2) is 35.2 Å². The second-order valence-electron chi connectivity index (χ2n) is 3.97. The summed E-state index contributed by atoms with van der Waals surface area (Å²) in [5.41, 5.74) is 0.928. The maximum atomic E-state index is 12.1. The molecule has 0 saturated carbocycles. The lowest BCUT2D eigenvalue weighted by Gasteiger charge is -2.26. The van der Waals surface area contributed by atoms with Crippen LogP contribution in [0.2, 0.25) is 0 Å². The first kappa shape index (κ1) is 14.1. The van der Waals surface area contributed by atoms with E-state index < -0.39 is 0 Å². The van der Waals surface area contributed by atoms with Crippen molar-refractivity contribution < 1.29 is 9.90 Å². The van der Waals surface area contributed by atoms with E-state index in [1.807, 2.05) is 44.2 Å². The highest BCUT2D eigenvalue weighted by Crippen LogP contribution is 2.18. The Balaban J connectivity index is 2.70. The molecule has 3 nitrogen and oxygen atoms in total. The van der Waals surface area contributed by atoms with Crippen LogP contribution in [0, 0.1) is 0 Å². The van der Waals surface area contributed by atoms with Gasteiger partial charge in [-0.05, 0) is 26.0 Å². The molecule has 0 atom stereocenters. The van der Waals surface area contributed by atoms with Crippen molar-refractivity contribution in [3.05, 3.63) is 30.3 Å². The number of hydrogen-bond acceptors (Lipinski definition) is 3. The third-order valence-corrected chi connectivity index (χ3v) is 3.20. The number of rotatable bonds is 6. The normalized spacial score (nSPS) is 10.6. The van der Waals surface area contributed by atoms with Crippen LogP contribution in [0.1, 0.15) is 13.8 Å². The number of carbonyl (C=O) groups excluding carboxylic acids is 1. The quantitative estimate of drug-likeness (QED) is 0.790. The molecule has 0 fully saturated rings. The topological polar surface area (TPSA) is 40.5 Å². The van der Waals surface area contributed by atoms with E-state index in [-0.39, 0.29) is 18.6 Å². The minimum atomic E-state index is 0.0876. The lowest BCUT2D eigenvalue weighted by atomic mass is 10.2. The van der Waals surface area contributed by atoms with Gasteiger partial charge in [-0.15, -0.1) is 11.8 Å². The van der Waals surface area contributed by atoms with E-state index in [1.54, 1.807) is 4.90 Å². The first-order chi connectivity index (χ1) is 8.16. The van der Waals surface area contributed by atoms with Crippen LogP contribution in [0.3, 0.4) is 0 Å². The van der Waals surface area contributed by atoms with Crippen LogP contribution in [0.15, 0.2) is 30.3 Å². The van der Waals surface area contributed by atoms with Crippen molar-refractivity contribution in [3.8, 4) is 0 Å². The summed E-state index contributed by atoms with van der Waals surface area (Å²) in [5.74, 6) is 1.10. The molecule has 1 aromatic carbocycles. The highest BCUT2D eigenvalue weighted by molar-refractivity contribution is 7.99. The van der Waals surface area contributed by atoms with Crippen molar-refractivity contribution in [3.63, 3.8) is 0 Å². The number of aliphatic hydroxyl groups is 1. The zero-order valence-corrected chi connectivity index (χ0v) is 11.1. The van der Waals surface area contributed by atoms with Gasteiger partial charge < -0.3 is 10.0 Å².